The van der Waals surface area contributed by atoms with E-state index in [4.69, 9.17) is 14.7 Å². The van der Waals surface area contributed by atoms with Gasteiger partial charge in [0.15, 0.2) is 11.2 Å². The van der Waals surface area contributed by atoms with E-state index in [1.165, 1.54) is 17.9 Å². The SMILES string of the molecule is Cn1cnc2c1c(=O)n(CCCOP(=O)(O)OP(=O)(O)OP(=O)(O)O)c(=O)n2C.N.N.N.N. The van der Waals surface area contributed by atoms with Crippen LogP contribution in [0.15, 0.2) is 15.9 Å². The van der Waals surface area contributed by atoms with Gasteiger partial charge in [0.05, 0.1) is 12.9 Å². The molecule has 2 heterocycles. The fourth-order valence-corrected chi connectivity index (χ4v) is 5.35. The lowest BCUT2D eigenvalue weighted by Gasteiger charge is -2.16. The summed E-state index contributed by atoms with van der Waals surface area (Å²) >= 11 is 0. The van der Waals surface area contributed by atoms with Gasteiger partial charge in [-0.2, -0.15) is 8.62 Å². The Balaban J connectivity index is -0.00000225. The quantitative estimate of drug-likeness (QED) is 0.149. The summed E-state index contributed by atoms with van der Waals surface area (Å²) in [6.45, 7) is -0.870. The van der Waals surface area contributed by atoms with Crippen LogP contribution in [0.25, 0.3) is 11.2 Å². The summed E-state index contributed by atoms with van der Waals surface area (Å²) in [6, 6.07) is 0. The van der Waals surface area contributed by atoms with Crippen LogP contribution in [-0.2, 0) is 47.5 Å². The van der Waals surface area contributed by atoms with Gasteiger partial charge in [-0.1, -0.05) is 0 Å². The van der Waals surface area contributed by atoms with Crippen molar-refractivity contribution in [1.29, 1.82) is 0 Å². The predicted octanol–water partition coefficient (Wildman–Crippen LogP) is -0.185. The van der Waals surface area contributed by atoms with Gasteiger partial charge in [0.1, 0.15) is 0 Å². The molecule has 0 aromatic carbocycles. The molecular weight excluding hydrogens is 517 g/mol. The van der Waals surface area contributed by atoms with Crippen LogP contribution in [0.3, 0.4) is 0 Å². The van der Waals surface area contributed by atoms with E-state index in [-0.39, 0.29) is 48.7 Å². The third-order valence-electron chi connectivity index (χ3n) is 3.40. The van der Waals surface area contributed by atoms with Crippen LogP contribution in [0, 0.1) is 0 Å². The van der Waals surface area contributed by atoms with Crippen LogP contribution in [0.4, 0.5) is 0 Å². The first-order valence-corrected chi connectivity index (χ1v) is 12.0. The highest BCUT2D eigenvalue weighted by molar-refractivity contribution is 7.66. The number of imidazole rings is 1. The Kier molecular flexibility index (Phi) is 13.9. The number of fused-ring (bicyclic) bond motifs is 1. The van der Waals surface area contributed by atoms with Crippen molar-refractivity contribution in [3.63, 3.8) is 0 Å². The van der Waals surface area contributed by atoms with Gasteiger partial charge in [-0.05, 0) is 6.42 Å². The summed E-state index contributed by atoms with van der Waals surface area (Å²) in [4.78, 5) is 63.9. The Hall–Kier alpha value is -1.60. The molecule has 2 aromatic rings. The van der Waals surface area contributed by atoms with Crippen molar-refractivity contribution in [3.05, 3.63) is 27.2 Å². The van der Waals surface area contributed by atoms with Crippen molar-refractivity contribution in [2.24, 2.45) is 14.1 Å². The monoisotopic (exact) mass is 546 g/mol. The number of aromatic nitrogens is 4. The van der Waals surface area contributed by atoms with Crippen molar-refractivity contribution < 1.29 is 46.4 Å². The van der Waals surface area contributed by atoms with Crippen molar-refractivity contribution in [2.45, 2.75) is 13.0 Å². The summed E-state index contributed by atoms with van der Waals surface area (Å²) in [6.07, 6.45) is 1.17. The van der Waals surface area contributed by atoms with Crippen LogP contribution in [-0.4, -0.2) is 44.9 Å². The number of phosphoric acid groups is 3. The summed E-state index contributed by atoms with van der Waals surface area (Å²) < 4.78 is 48.3. The first kappa shape index (κ1) is 36.0. The Labute approximate surface area is 185 Å². The highest BCUT2D eigenvalue weighted by Crippen LogP contribution is 2.66. The average molecular weight is 546 g/mol. The van der Waals surface area contributed by atoms with E-state index >= 15 is 0 Å². The van der Waals surface area contributed by atoms with E-state index in [0.29, 0.717) is 0 Å². The van der Waals surface area contributed by atoms with Gasteiger partial charge in [-0.15, -0.1) is 0 Å². The highest BCUT2D eigenvalue weighted by Gasteiger charge is 2.40. The molecule has 2 aromatic heterocycles. The standard InChI is InChI=1S/C10H17N4O12P3.4H3N/c1-12-6-11-8-7(12)9(15)14(10(16)13(8)2)4-3-5-24-28(20,21)26-29(22,23)25-27(17,18)19;;;;/h6H,3-5H2,1-2H3,(H,20,21)(H,22,23)(H2,17,18,19);4*1H3. The molecule has 2 rings (SSSR count). The minimum atomic E-state index is -5.61. The van der Waals surface area contributed by atoms with E-state index < -0.39 is 41.3 Å². The third kappa shape index (κ3) is 9.28. The molecule has 2 atom stereocenters. The second kappa shape index (κ2) is 12.7. The van der Waals surface area contributed by atoms with Gasteiger partial charge in [0.25, 0.3) is 5.56 Å². The van der Waals surface area contributed by atoms with Gasteiger partial charge in [-0.3, -0.25) is 18.5 Å². The maximum Gasteiger partial charge on any atom is 0.490 e. The van der Waals surface area contributed by atoms with Gasteiger partial charge in [0.2, 0.25) is 0 Å². The highest BCUT2D eigenvalue weighted by atomic mass is 31.3. The van der Waals surface area contributed by atoms with Crippen molar-refractivity contribution in [3.8, 4) is 0 Å². The Morgan fingerprint density at radius 2 is 1.48 bits per heavy atom. The topological polar surface area (TPSA) is 362 Å². The fourth-order valence-electron chi connectivity index (χ4n) is 2.30. The van der Waals surface area contributed by atoms with Gasteiger partial charge in [0, 0.05) is 20.6 Å². The summed E-state index contributed by atoms with van der Waals surface area (Å²) in [7, 11) is -13.4. The van der Waals surface area contributed by atoms with Gasteiger partial charge in [-0.25, -0.2) is 23.5 Å². The molecule has 0 aliphatic rings. The minimum Gasteiger partial charge on any atom is -0.344 e. The molecule has 16 N–H and O–H groups in total. The zero-order valence-electron chi connectivity index (χ0n) is 17.7. The summed E-state index contributed by atoms with van der Waals surface area (Å²) in [5.74, 6) is 0. The molecule has 0 saturated heterocycles. The molecule has 0 spiro atoms. The van der Waals surface area contributed by atoms with E-state index in [9.17, 15) is 28.2 Å². The van der Waals surface area contributed by atoms with E-state index in [2.05, 4.69) is 18.1 Å². The molecule has 0 bridgehead atoms. The zero-order valence-corrected chi connectivity index (χ0v) is 20.4. The number of nitrogens with zero attached hydrogens (tertiary/aromatic N) is 4. The van der Waals surface area contributed by atoms with Crippen molar-refractivity contribution in [1.82, 2.24) is 43.3 Å². The normalized spacial score (nSPS) is 14.6. The van der Waals surface area contributed by atoms with Crippen LogP contribution in [0.2, 0.25) is 0 Å². The Morgan fingerprint density at radius 1 is 0.939 bits per heavy atom. The van der Waals surface area contributed by atoms with Gasteiger partial charge < -0.3 is 48.7 Å². The molecular formula is C10H29N8O12P3. The summed E-state index contributed by atoms with van der Waals surface area (Å²) in [5.41, 5.74) is -1.02. The maximum absolute atomic E-state index is 12.5. The fraction of sp³-hybridized carbons (Fsp3) is 0.500. The van der Waals surface area contributed by atoms with Crippen LogP contribution < -0.4 is 35.9 Å². The lowest BCUT2D eigenvalue weighted by atomic mass is 10.4. The molecule has 0 fully saturated rings. The molecule has 23 heteroatoms. The molecule has 0 aliphatic heterocycles. The average Bonchev–Trinajstić information content (AvgIpc) is 2.90. The smallest absolute Gasteiger partial charge is 0.344 e. The zero-order chi connectivity index (χ0) is 22.2. The lowest BCUT2D eigenvalue weighted by molar-refractivity contribution is 0.169. The van der Waals surface area contributed by atoms with Crippen molar-refractivity contribution in [2.75, 3.05) is 6.61 Å². The molecule has 0 aliphatic carbocycles. The molecule has 33 heavy (non-hydrogen) atoms. The summed E-state index contributed by atoms with van der Waals surface area (Å²) in [5, 5.41) is 0. The van der Waals surface area contributed by atoms with E-state index in [1.807, 2.05) is 0 Å². The molecule has 2 unspecified atom stereocenters. The first-order chi connectivity index (χ1) is 13.1. The van der Waals surface area contributed by atoms with E-state index in [1.54, 1.807) is 7.05 Å². The largest absolute Gasteiger partial charge is 0.490 e. The first-order valence-electron chi connectivity index (χ1n) is 7.53. The minimum absolute atomic E-state index is 0. The molecule has 20 nitrogen and oxygen atoms in total. The lowest BCUT2D eigenvalue weighted by Crippen LogP contribution is -2.39. The number of aryl methyl sites for hydroxylation is 2. The number of hydrogen-bond donors (Lipinski definition) is 8. The number of rotatable bonds is 9. The number of phosphoric ester groups is 1. The third-order valence-corrected chi connectivity index (χ3v) is 7.23. The second-order valence-corrected chi connectivity index (χ2v) is 10.0. The molecule has 196 valence electrons. The van der Waals surface area contributed by atoms with E-state index in [0.717, 1.165) is 9.13 Å². The van der Waals surface area contributed by atoms with Crippen LogP contribution >= 0.6 is 23.5 Å². The molecule has 0 saturated carbocycles. The molecule has 0 amide bonds. The van der Waals surface area contributed by atoms with Crippen LogP contribution in [0.5, 0.6) is 0 Å². The van der Waals surface area contributed by atoms with Crippen LogP contribution in [0.1, 0.15) is 6.42 Å². The van der Waals surface area contributed by atoms with Crippen molar-refractivity contribution >= 4 is 34.6 Å². The second-order valence-electron chi connectivity index (χ2n) is 5.60. The molecule has 0 radical (unpaired) electrons. The number of hydrogen-bond acceptors (Lipinski definition) is 13. The van der Waals surface area contributed by atoms with Gasteiger partial charge >= 0.3 is 29.2 Å². The Morgan fingerprint density at radius 3 is 2.00 bits per heavy atom. The maximum atomic E-state index is 12.5. The Bertz CT molecular complexity index is 1180. The predicted molar refractivity (Wildman–Crippen MR) is 115 cm³/mol.